The molecule has 18 heavy (non-hydrogen) atoms. The van der Waals surface area contributed by atoms with Crippen molar-refractivity contribution in [3.05, 3.63) is 53.1 Å². The van der Waals surface area contributed by atoms with E-state index in [1.165, 1.54) is 12.7 Å². The van der Waals surface area contributed by atoms with Crippen molar-refractivity contribution in [2.45, 2.75) is 20.4 Å². The van der Waals surface area contributed by atoms with Crippen LogP contribution in [0, 0.1) is 13.8 Å². The molecule has 0 bridgehead atoms. The van der Waals surface area contributed by atoms with Crippen LogP contribution in [0.4, 0.5) is 0 Å². The molecule has 0 unspecified atom stereocenters. The molecule has 94 valence electrons. The summed E-state index contributed by atoms with van der Waals surface area (Å²) in [5, 5.41) is 0. The van der Waals surface area contributed by atoms with Gasteiger partial charge in [-0.1, -0.05) is 29.8 Å². The third kappa shape index (κ3) is 2.42. The summed E-state index contributed by atoms with van der Waals surface area (Å²) in [6, 6.07) is 8.19. The number of benzene rings is 1. The number of hydrogen-bond acceptors (Lipinski definition) is 3. The maximum Gasteiger partial charge on any atom is 0.356 e. The van der Waals surface area contributed by atoms with E-state index in [1.54, 1.807) is 6.20 Å². The number of methoxy groups -OCH3 is 1. The molecular formula is C14H16N2O2. The summed E-state index contributed by atoms with van der Waals surface area (Å²) in [6.45, 7) is 4.55. The van der Waals surface area contributed by atoms with Crippen molar-refractivity contribution in [2.24, 2.45) is 0 Å². The molecule has 1 aromatic carbocycles. The molecule has 2 aromatic rings. The Hall–Kier alpha value is -2.10. The lowest BCUT2D eigenvalue weighted by Gasteiger charge is -2.09. The second kappa shape index (κ2) is 5.04. The van der Waals surface area contributed by atoms with E-state index in [-0.39, 0.29) is 5.97 Å². The zero-order valence-corrected chi connectivity index (χ0v) is 10.8. The van der Waals surface area contributed by atoms with Gasteiger partial charge in [-0.05, 0) is 19.4 Å². The lowest BCUT2D eigenvalue weighted by atomic mass is 10.1. The molecular weight excluding hydrogens is 228 g/mol. The van der Waals surface area contributed by atoms with Gasteiger partial charge in [0.05, 0.1) is 13.3 Å². The molecule has 4 heteroatoms. The number of nitrogens with zero attached hydrogens (tertiary/aromatic N) is 2. The minimum atomic E-state index is -0.358. The molecule has 0 radical (unpaired) electrons. The summed E-state index contributed by atoms with van der Waals surface area (Å²) < 4.78 is 6.61. The largest absolute Gasteiger partial charge is 0.464 e. The number of ether oxygens (including phenoxy) is 1. The van der Waals surface area contributed by atoms with Crippen molar-refractivity contribution in [1.29, 1.82) is 0 Å². The molecule has 1 aromatic heterocycles. The van der Waals surface area contributed by atoms with Gasteiger partial charge in [0.1, 0.15) is 11.5 Å². The highest BCUT2D eigenvalue weighted by atomic mass is 16.5. The van der Waals surface area contributed by atoms with Gasteiger partial charge in [0.2, 0.25) is 0 Å². The number of imidazole rings is 1. The molecule has 0 saturated carbocycles. The second-order valence-electron chi connectivity index (χ2n) is 4.26. The van der Waals surface area contributed by atoms with E-state index in [9.17, 15) is 4.79 Å². The monoisotopic (exact) mass is 244 g/mol. The first kappa shape index (κ1) is 12.4. The number of carbonyl (C=O) groups is 1. The predicted molar refractivity (Wildman–Crippen MR) is 68.6 cm³/mol. The van der Waals surface area contributed by atoms with Crippen molar-refractivity contribution < 1.29 is 9.53 Å². The van der Waals surface area contributed by atoms with Gasteiger partial charge in [0.25, 0.3) is 0 Å². The lowest BCUT2D eigenvalue weighted by molar-refractivity contribution is 0.0588. The zero-order chi connectivity index (χ0) is 13.1. The highest BCUT2D eigenvalue weighted by Crippen LogP contribution is 2.12. The van der Waals surface area contributed by atoms with E-state index < -0.39 is 0 Å². The van der Waals surface area contributed by atoms with Gasteiger partial charge in [-0.15, -0.1) is 0 Å². The average Bonchev–Trinajstić information content (AvgIpc) is 2.70. The van der Waals surface area contributed by atoms with E-state index in [0.717, 1.165) is 11.4 Å². The number of aromatic nitrogens is 2. The van der Waals surface area contributed by atoms with Crippen molar-refractivity contribution in [3.8, 4) is 0 Å². The van der Waals surface area contributed by atoms with Gasteiger partial charge in [-0.3, -0.25) is 0 Å². The van der Waals surface area contributed by atoms with Gasteiger partial charge < -0.3 is 9.30 Å². The van der Waals surface area contributed by atoms with Crippen LogP contribution in [0.3, 0.4) is 0 Å². The summed E-state index contributed by atoms with van der Waals surface area (Å²) in [5.41, 5.74) is 2.82. The van der Waals surface area contributed by atoms with Crippen molar-refractivity contribution in [1.82, 2.24) is 9.55 Å². The first-order valence-corrected chi connectivity index (χ1v) is 5.78. The normalized spacial score (nSPS) is 10.4. The molecule has 0 atom stereocenters. The van der Waals surface area contributed by atoms with E-state index >= 15 is 0 Å². The number of rotatable bonds is 3. The topological polar surface area (TPSA) is 44.1 Å². The van der Waals surface area contributed by atoms with Crippen LogP contribution in [0.25, 0.3) is 0 Å². The molecule has 0 aliphatic rings. The van der Waals surface area contributed by atoms with Crippen molar-refractivity contribution >= 4 is 5.97 Å². The Bertz CT molecular complexity index is 573. The number of carbonyl (C=O) groups excluding carboxylic acids is 1. The van der Waals surface area contributed by atoms with Crippen molar-refractivity contribution in [3.63, 3.8) is 0 Å². The molecule has 2 rings (SSSR count). The molecule has 0 amide bonds. The third-order valence-corrected chi connectivity index (χ3v) is 2.87. The van der Waals surface area contributed by atoms with Crippen LogP contribution in [-0.2, 0) is 11.3 Å². The van der Waals surface area contributed by atoms with Gasteiger partial charge in [-0.25, -0.2) is 9.78 Å². The summed E-state index contributed by atoms with van der Waals surface area (Å²) in [6.07, 6.45) is 1.55. The number of aryl methyl sites for hydroxylation is 2. The molecule has 0 fully saturated rings. The quantitative estimate of drug-likeness (QED) is 0.778. The summed E-state index contributed by atoms with van der Waals surface area (Å²) in [5.74, 6) is 0.445. The summed E-state index contributed by atoms with van der Waals surface area (Å²) in [7, 11) is 1.38. The van der Waals surface area contributed by atoms with E-state index in [0.29, 0.717) is 12.2 Å². The molecule has 0 N–H and O–H groups in total. The van der Waals surface area contributed by atoms with E-state index in [4.69, 9.17) is 4.74 Å². The Morgan fingerprint density at radius 1 is 1.39 bits per heavy atom. The lowest BCUT2D eigenvalue weighted by Crippen LogP contribution is -2.12. The van der Waals surface area contributed by atoms with E-state index in [2.05, 4.69) is 11.1 Å². The molecule has 0 saturated heterocycles. The molecule has 0 aliphatic heterocycles. The fourth-order valence-electron chi connectivity index (χ4n) is 1.93. The van der Waals surface area contributed by atoms with Crippen LogP contribution in [-0.4, -0.2) is 22.6 Å². The second-order valence-corrected chi connectivity index (χ2v) is 4.26. The molecule has 1 heterocycles. The maximum absolute atomic E-state index is 11.6. The maximum atomic E-state index is 11.6. The highest BCUT2D eigenvalue weighted by molar-refractivity contribution is 5.87. The molecule has 0 spiro atoms. The Morgan fingerprint density at radius 3 is 2.83 bits per heavy atom. The Balaban J connectivity index is 2.34. The Morgan fingerprint density at radius 2 is 2.17 bits per heavy atom. The minimum absolute atomic E-state index is 0.358. The van der Waals surface area contributed by atoms with E-state index in [1.807, 2.05) is 36.6 Å². The van der Waals surface area contributed by atoms with Crippen LogP contribution < -0.4 is 0 Å². The first-order valence-electron chi connectivity index (χ1n) is 5.78. The van der Waals surface area contributed by atoms with Gasteiger partial charge >= 0.3 is 5.97 Å². The molecule has 0 aliphatic carbocycles. The Kier molecular flexibility index (Phi) is 3.46. The summed E-state index contributed by atoms with van der Waals surface area (Å²) in [4.78, 5) is 15.8. The number of hydrogen-bond donors (Lipinski definition) is 0. The molecule has 4 nitrogen and oxygen atoms in total. The van der Waals surface area contributed by atoms with Crippen LogP contribution in [0.5, 0.6) is 0 Å². The fourth-order valence-corrected chi connectivity index (χ4v) is 1.93. The highest BCUT2D eigenvalue weighted by Gasteiger charge is 2.14. The SMILES string of the molecule is COC(=O)c1cnc(C)n1Cc1cccc(C)c1. The number of esters is 1. The third-order valence-electron chi connectivity index (χ3n) is 2.87. The van der Waals surface area contributed by atoms with Crippen LogP contribution >= 0.6 is 0 Å². The Labute approximate surface area is 106 Å². The van der Waals surface area contributed by atoms with Crippen LogP contribution in [0.15, 0.2) is 30.5 Å². The van der Waals surface area contributed by atoms with Gasteiger partial charge in [-0.2, -0.15) is 0 Å². The smallest absolute Gasteiger partial charge is 0.356 e. The minimum Gasteiger partial charge on any atom is -0.464 e. The van der Waals surface area contributed by atoms with Crippen LogP contribution in [0.2, 0.25) is 0 Å². The summed E-state index contributed by atoms with van der Waals surface area (Å²) >= 11 is 0. The average molecular weight is 244 g/mol. The zero-order valence-electron chi connectivity index (χ0n) is 10.8. The van der Waals surface area contributed by atoms with Crippen LogP contribution in [0.1, 0.15) is 27.4 Å². The first-order chi connectivity index (χ1) is 8.61. The van der Waals surface area contributed by atoms with Gasteiger partial charge in [0, 0.05) is 6.54 Å². The predicted octanol–water partition coefficient (Wildman–Crippen LogP) is 2.33. The van der Waals surface area contributed by atoms with Gasteiger partial charge in [0.15, 0.2) is 0 Å². The fraction of sp³-hybridized carbons (Fsp3) is 0.286. The van der Waals surface area contributed by atoms with Crippen molar-refractivity contribution in [2.75, 3.05) is 7.11 Å². The standard InChI is InChI=1S/C14H16N2O2/c1-10-5-4-6-12(7-10)9-16-11(2)15-8-13(16)14(17)18-3/h4-8H,9H2,1-3H3.